The molecule has 1 nitrogen and oxygen atoms in total. The highest BCUT2D eigenvalue weighted by Crippen LogP contribution is 2.53. The van der Waals surface area contributed by atoms with E-state index in [1.54, 1.807) is 0 Å². The van der Waals surface area contributed by atoms with E-state index in [0.29, 0.717) is 11.8 Å². The third kappa shape index (κ3) is 2.11. The van der Waals surface area contributed by atoms with Crippen LogP contribution in [0.5, 0.6) is 0 Å². The molecule has 0 aromatic heterocycles. The Hall–Kier alpha value is -1.60. The summed E-state index contributed by atoms with van der Waals surface area (Å²) in [5.74, 6) is 0.922. The molecule has 3 unspecified atom stereocenters. The molecule has 1 heteroatoms. The standard InChI is InChI=1S/C16H16O/c17-16(13-9-5-2-6-10-13)15-11-14(15)12-7-3-1-4-8-12/h1-10,14-17H,11H2. The molecule has 0 radical (unpaired) electrons. The molecule has 0 aliphatic heterocycles. The van der Waals surface area contributed by atoms with Crippen molar-refractivity contribution in [3.63, 3.8) is 0 Å². The molecule has 0 amide bonds. The zero-order valence-corrected chi connectivity index (χ0v) is 9.66. The second-order valence-electron chi connectivity index (χ2n) is 4.77. The van der Waals surface area contributed by atoms with Crippen LogP contribution in [0.15, 0.2) is 60.7 Å². The molecule has 2 aromatic carbocycles. The van der Waals surface area contributed by atoms with Crippen LogP contribution >= 0.6 is 0 Å². The summed E-state index contributed by atoms with van der Waals surface area (Å²) in [4.78, 5) is 0. The van der Waals surface area contributed by atoms with E-state index in [4.69, 9.17) is 0 Å². The molecule has 0 saturated heterocycles. The summed E-state index contributed by atoms with van der Waals surface area (Å²) in [5, 5.41) is 10.3. The first kappa shape index (κ1) is 10.5. The number of aliphatic hydroxyl groups excluding tert-OH is 1. The largest absolute Gasteiger partial charge is 0.388 e. The van der Waals surface area contributed by atoms with E-state index in [1.807, 2.05) is 36.4 Å². The first-order valence-electron chi connectivity index (χ1n) is 6.14. The molecule has 1 N–H and O–H groups in total. The minimum absolute atomic E-state index is 0.318. The summed E-state index contributed by atoms with van der Waals surface area (Å²) in [5.41, 5.74) is 2.39. The Morgan fingerprint density at radius 3 is 2.12 bits per heavy atom. The SMILES string of the molecule is OC(c1ccccc1)C1CC1c1ccccc1. The summed E-state index contributed by atoms with van der Waals surface area (Å²) in [6, 6.07) is 20.4. The van der Waals surface area contributed by atoms with Crippen molar-refractivity contribution < 1.29 is 5.11 Å². The van der Waals surface area contributed by atoms with Gasteiger partial charge in [-0.2, -0.15) is 0 Å². The van der Waals surface area contributed by atoms with Crippen LogP contribution in [0.3, 0.4) is 0 Å². The number of benzene rings is 2. The fourth-order valence-electron chi connectivity index (χ4n) is 2.54. The molecular formula is C16H16O. The molecular weight excluding hydrogens is 208 g/mol. The van der Waals surface area contributed by atoms with Gasteiger partial charge in [-0.3, -0.25) is 0 Å². The Kier molecular flexibility index (Phi) is 2.69. The Balaban J connectivity index is 1.73. The van der Waals surface area contributed by atoms with Crippen LogP contribution in [0.2, 0.25) is 0 Å². The van der Waals surface area contributed by atoms with Crippen LogP contribution in [-0.2, 0) is 0 Å². The van der Waals surface area contributed by atoms with Gasteiger partial charge in [0.25, 0.3) is 0 Å². The lowest BCUT2D eigenvalue weighted by molar-refractivity contribution is 0.151. The Morgan fingerprint density at radius 1 is 0.882 bits per heavy atom. The van der Waals surface area contributed by atoms with Gasteiger partial charge in [0.15, 0.2) is 0 Å². The van der Waals surface area contributed by atoms with Crippen LogP contribution in [0, 0.1) is 5.92 Å². The zero-order valence-electron chi connectivity index (χ0n) is 9.66. The van der Waals surface area contributed by atoms with E-state index in [-0.39, 0.29) is 6.10 Å². The van der Waals surface area contributed by atoms with E-state index in [2.05, 4.69) is 24.3 Å². The molecule has 3 atom stereocenters. The lowest BCUT2D eigenvalue weighted by Crippen LogP contribution is -2.00. The van der Waals surface area contributed by atoms with Crippen LogP contribution < -0.4 is 0 Å². The Bertz CT molecular complexity index is 477. The summed E-state index contributed by atoms with van der Waals surface area (Å²) in [7, 11) is 0. The quantitative estimate of drug-likeness (QED) is 0.845. The minimum Gasteiger partial charge on any atom is -0.388 e. The minimum atomic E-state index is -0.318. The average molecular weight is 224 g/mol. The number of aliphatic hydroxyl groups is 1. The van der Waals surface area contributed by atoms with Gasteiger partial charge in [0.05, 0.1) is 6.10 Å². The van der Waals surface area contributed by atoms with Gasteiger partial charge >= 0.3 is 0 Å². The predicted molar refractivity (Wildman–Crippen MR) is 68.7 cm³/mol. The lowest BCUT2D eigenvalue weighted by atomic mass is 10.0. The molecule has 86 valence electrons. The van der Waals surface area contributed by atoms with Crippen molar-refractivity contribution in [1.29, 1.82) is 0 Å². The van der Waals surface area contributed by atoms with E-state index in [1.165, 1.54) is 5.56 Å². The fourth-order valence-corrected chi connectivity index (χ4v) is 2.54. The van der Waals surface area contributed by atoms with E-state index >= 15 is 0 Å². The summed E-state index contributed by atoms with van der Waals surface area (Å²) >= 11 is 0. The van der Waals surface area contributed by atoms with E-state index < -0.39 is 0 Å². The molecule has 3 rings (SSSR count). The van der Waals surface area contributed by atoms with Crippen LogP contribution in [0.1, 0.15) is 29.6 Å². The number of rotatable bonds is 3. The molecule has 1 aliphatic carbocycles. The summed E-state index contributed by atoms with van der Waals surface area (Å²) in [6.45, 7) is 0. The van der Waals surface area contributed by atoms with Crippen molar-refractivity contribution in [3.05, 3.63) is 71.8 Å². The summed E-state index contributed by atoms with van der Waals surface area (Å²) in [6.07, 6.45) is 0.779. The smallest absolute Gasteiger partial charge is 0.0824 e. The third-order valence-corrected chi connectivity index (χ3v) is 3.61. The van der Waals surface area contributed by atoms with E-state index in [0.717, 1.165) is 12.0 Å². The van der Waals surface area contributed by atoms with Gasteiger partial charge in [-0.1, -0.05) is 60.7 Å². The first-order chi connectivity index (χ1) is 8.36. The van der Waals surface area contributed by atoms with Crippen molar-refractivity contribution in [2.45, 2.75) is 18.4 Å². The monoisotopic (exact) mass is 224 g/mol. The second-order valence-corrected chi connectivity index (χ2v) is 4.77. The molecule has 1 saturated carbocycles. The second kappa shape index (κ2) is 4.34. The van der Waals surface area contributed by atoms with Gasteiger partial charge in [-0.05, 0) is 29.4 Å². The van der Waals surface area contributed by atoms with Gasteiger partial charge in [-0.15, -0.1) is 0 Å². The van der Waals surface area contributed by atoms with Crippen LogP contribution in [0.25, 0.3) is 0 Å². The number of hydrogen-bond donors (Lipinski definition) is 1. The normalized spacial score (nSPS) is 24.3. The van der Waals surface area contributed by atoms with Crippen molar-refractivity contribution in [2.75, 3.05) is 0 Å². The third-order valence-electron chi connectivity index (χ3n) is 3.61. The highest BCUT2D eigenvalue weighted by atomic mass is 16.3. The van der Waals surface area contributed by atoms with Gasteiger partial charge in [0.2, 0.25) is 0 Å². The Morgan fingerprint density at radius 2 is 1.47 bits per heavy atom. The van der Waals surface area contributed by atoms with Crippen LogP contribution in [0.4, 0.5) is 0 Å². The lowest BCUT2D eigenvalue weighted by Gasteiger charge is -2.10. The topological polar surface area (TPSA) is 20.2 Å². The molecule has 17 heavy (non-hydrogen) atoms. The fraction of sp³-hybridized carbons (Fsp3) is 0.250. The first-order valence-corrected chi connectivity index (χ1v) is 6.14. The molecule has 0 heterocycles. The molecule has 1 fully saturated rings. The molecule has 2 aromatic rings. The highest BCUT2D eigenvalue weighted by Gasteiger charge is 2.43. The Labute approximate surface area is 102 Å². The van der Waals surface area contributed by atoms with Crippen molar-refractivity contribution in [3.8, 4) is 0 Å². The molecule has 1 aliphatic rings. The number of hydrogen-bond acceptors (Lipinski definition) is 1. The van der Waals surface area contributed by atoms with E-state index in [9.17, 15) is 5.11 Å². The molecule has 0 bridgehead atoms. The maximum atomic E-state index is 10.3. The summed E-state index contributed by atoms with van der Waals surface area (Å²) < 4.78 is 0. The van der Waals surface area contributed by atoms with Gasteiger partial charge in [-0.25, -0.2) is 0 Å². The van der Waals surface area contributed by atoms with Crippen molar-refractivity contribution in [1.82, 2.24) is 0 Å². The maximum Gasteiger partial charge on any atom is 0.0824 e. The zero-order chi connectivity index (χ0) is 11.7. The van der Waals surface area contributed by atoms with Crippen molar-refractivity contribution in [2.24, 2.45) is 5.92 Å². The van der Waals surface area contributed by atoms with Gasteiger partial charge < -0.3 is 5.11 Å². The maximum absolute atomic E-state index is 10.3. The van der Waals surface area contributed by atoms with Crippen molar-refractivity contribution >= 4 is 0 Å². The predicted octanol–water partition coefficient (Wildman–Crippen LogP) is 3.52. The molecule has 0 spiro atoms. The highest BCUT2D eigenvalue weighted by molar-refractivity contribution is 5.29. The van der Waals surface area contributed by atoms with Gasteiger partial charge in [0, 0.05) is 0 Å². The van der Waals surface area contributed by atoms with Crippen LogP contribution in [-0.4, -0.2) is 5.11 Å². The van der Waals surface area contributed by atoms with Gasteiger partial charge in [0.1, 0.15) is 0 Å². The average Bonchev–Trinajstić information content (AvgIpc) is 3.20.